The van der Waals surface area contributed by atoms with E-state index in [1.54, 1.807) is 24.3 Å². The maximum Gasteiger partial charge on any atom is 0.338 e. The number of benzene rings is 3. The van der Waals surface area contributed by atoms with Gasteiger partial charge in [-0.05, 0) is 35.7 Å². The third kappa shape index (κ3) is 5.99. The Bertz CT molecular complexity index is 911. The number of hydrogen-bond donors (Lipinski definition) is 2. The van der Waals surface area contributed by atoms with Gasteiger partial charge < -0.3 is 15.4 Å². The molecule has 3 rings (SSSR count). The normalized spacial score (nSPS) is 10.1. The maximum atomic E-state index is 12.2. The van der Waals surface area contributed by atoms with Gasteiger partial charge in [0.2, 0.25) is 0 Å². The standard InChI is InChI=1S/C23H22N2O3/c26-22(28-17-19-10-5-2-6-11-19)20-12-7-13-21(16-20)25-23(27)24-15-14-18-8-3-1-4-9-18/h1-13,16H,14-15,17H2,(H2,24,25,27). The van der Waals surface area contributed by atoms with Crippen LogP contribution in [0.2, 0.25) is 0 Å². The van der Waals surface area contributed by atoms with Crippen molar-refractivity contribution in [2.24, 2.45) is 0 Å². The predicted octanol–water partition coefficient (Wildman–Crippen LogP) is 4.41. The van der Waals surface area contributed by atoms with Gasteiger partial charge in [0.1, 0.15) is 6.61 Å². The van der Waals surface area contributed by atoms with Gasteiger partial charge in [0.05, 0.1) is 5.56 Å². The van der Waals surface area contributed by atoms with E-state index >= 15 is 0 Å². The summed E-state index contributed by atoms with van der Waals surface area (Å²) in [5, 5.41) is 5.55. The van der Waals surface area contributed by atoms with Crippen molar-refractivity contribution >= 4 is 17.7 Å². The van der Waals surface area contributed by atoms with E-state index in [0.29, 0.717) is 17.8 Å². The van der Waals surface area contributed by atoms with E-state index in [1.807, 2.05) is 60.7 Å². The summed E-state index contributed by atoms with van der Waals surface area (Å²) in [5.74, 6) is -0.433. The molecule has 5 nitrogen and oxygen atoms in total. The van der Waals surface area contributed by atoms with E-state index in [9.17, 15) is 9.59 Å². The van der Waals surface area contributed by atoms with Crippen LogP contribution in [0.4, 0.5) is 10.5 Å². The van der Waals surface area contributed by atoms with Crippen molar-refractivity contribution < 1.29 is 14.3 Å². The Kier molecular flexibility index (Phi) is 6.79. The fourth-order valence-electron chi connectivity index (χ4n) is 2.67. The number of esters is 1. The lowest BCUT2D eigenvalue weighted by molar-refractivity contribution is 0.0472. The number of carbonyl (C=O) groups is 2. The molecule has 0 unspecified atom stereocenters. The van der Waals surface area contributed by atoms with E-state index in [-0.39, 0.29) is 12.6 Å². The van der Waals surface area contributed by atoms with Crippen molar-refractivity contribution in [3.63, 3.8) is 0 Å². The quantitative estimate of drug-likeness (QED) is 0.602. The van der Waals surface area contributed by atoms with Crippen LogP contribution in [0.3, 0.4) is 0 Å². The molecule has 2 amide bonds. The van der Waals surface area contributed by atoms with Crippen LogP contribution in [-0.2, 0) is 17.8 Å². The summed E-state index contributed by atoms with van der Waals surface area (Å²) in [7, 11) is 0. The van der Waals surface area contributed by atoms with Crippen molar-refractivity contribution in [2.75, 3.05) is 11.9 Å². The van der Waals surface area contributed by atoms with E-state index < -0.39 is 5.97 Å². The van der Waals surface area contributed by atoms with Crippen molar-refractivity contribution in [2.45, 2.75) is 13.0 Å². The van der Waals surface area contributed by atoms with Gasteiger partial charge in [0.15, 0.2) is 0 Å². The Morgan fingerprint density at radius 2 is 1.46 bits per heavy atom. The summed E-state index contributed by atoms with van der Waals surface area (Å²) in [6.45, 7) is 0.728. The van der Waals surface area contributed by atoms with Crippen LogP contribution < -0.4 is 10.6 Å². The highest BCUT2D eigenvalue weighted by Gasteiger charge is 2.09. The lowest BCUT2D eigenvalue weighted by Gasteiger charge is -2.09. The second kappa shape index (κ2) is 9.92. The second-order valence-electron chi connectivity index (χ2n) is 6.26. The molecule has 0 fully saturated rings. The molecule has 0 saturated carbocycles. The average molecular weight is 374 g/mol. The minimum atomic E-state index is -0.433. The molecule has 0 bridgehead atoms. The summed E-state index contributed by atoms with van der Waals surface area (Å²) < 4.78 is 5.32. The summed E-state index contributed by atoms with van der Waals surface area (Å²) >= 11 is 0. The maximum absolute atomic E-state index is 12.2. The number of hydrogen-bond acceptors (Lipinski definition) is 3. The second-order valence-corrected chi connectivity index (χ2v) is 6.26. The van der Waals surface area contributed by atoms with Crippen molar-refractivity contribution in [3.05, 3.63) is 102 Å². The zero-order chi connectivity index (χ0) is 19.6. The first-order chi connectivity index (χ1) is 13.7. The van der Waals surface area contributed by atoms with Crippen molar-refractivity contribution in [1.29, 1.82) is 0 Å². The predicted molar refractivity (Wildman–Crippen MR) is 109 cm³/mol. The topological polar surface area (TPSA) is 67.4 Å². The molecule has 0 radical (unpaired) electrons. The molecule has 0 saturated heterocycles. The third-order valence-electron chi connectivity index (χ3n) is 4.11. The Morgan fingerprint density at radius 1 is 0.786 bits per heavy atom. The van der Waals surface area contributed by atoms with Gasteiger partial charge in [-0.15, -0.1) is 0 Å². The van der Waals surface area contributed by atoms with Crippen LogP contribution in [0.15, 0.2) is 84.9 Å². The molecule has 2 N–H and O–H groups in total. The summed E-state index contributed by atoms with van der Waals surface area (Å²) in [6, 6.07) is 25.8. The number of carbonyl (C=O) groups excluding carboxylic acids is 2. The first kappa shape index (κ1) is 19.2. The molecule has 0 aromatic heterocycles. The molecule has 5 heteroatoms. The smallest absolute Gasteiger partial charge is 0.338 e. The minimum absolute atomic E-state index is 0.206. The van der Waals surface area contributed by atoms with E-state index in [1.165, 1.54) is 0 Å². The fraction of sp³-hybridized carbons (Fsp3) is 0.130. The third-order valence-corrected chi connectivity index (χ3v) is 4.11. The van der Waals surface area contributed by atoms with E-state index in [0.717, 1.165) is 17.5 Å². The fourth-order valence-corrected chi connectivity index (χ4v) is 2.67. The zero-order valence-corrected chi connectivity index (χ0v) is 15.4. The highest BCUT2D eigenvalue weighted by Crippen LogP contribution is 2.13. The minimum Gasteiger partial charge on any atom is -0.457 e. The Labute approximate surface area is 164 Å². The van der Waals surface area contributed by atoms with Gasteiger partial charge in [-0.2, -0.15) is 0 Å². The van der Waals surface area contributed by atoms with Crippen molar-refractivity contribution in [3.8, 4) is 0 Å². The number of ether oxygens (including phenoxy) is 1. The molecule has 0 aliphatic carbocycles. The molecule has 0 atom stereocenters. The SMILES string of the molecule is O=C(NCCc1ccccc1)Nc1cccc(C(=O)OCc2ccccc2)c1. The first-order valence-electron chi connectivity index (χ1n) is 9.10. The van der Waals surface area contributed by atoms with Gasteiger partial charge in [-0.25, -0.2) is 9.59 Å². The molecule has 3 aromatic rings. The largest absolute Gasteiger partial charge is 0.457 e. The molecular formula is C23H22N2O3. The Hall–Kier alpha value is -3.60. The number of amides is 2. The lowest BCUT2D eigenvalue weighted by Crippen LogP contribution is -2.30. The van der Waals surface area contributed by atoms with Crippen molar-refractivity contribution in [1.82, 2.24) is 5.32 Å². The molecule has 0 aliphatic heterocycles. The monoisotopic (exact) mass is 374 g/mol. The highest BCUT2D eigenvalue weighted by molar-refractivity contribution is 5.93. The average Bonchev–Trinajstić information content (AvgIpc) is 2.74. The van der Waals surface area contributed by atoms with Crippen LogP contribution >= 0.6 is 0 Å². The number of nitrogens with one attached hydrogen (secondary N) is 2. The van der Waals surface area contributed by atoms with Crippen LogP contribution in [-0.4, -0.2) is 18.5 Å². The summed E-state index contributed by atoms with van der Waals surface area (Å²) in [4.78, 5) is 24.3. The van der Waals surface area contributed by atoms with Gasteiger partial charge in [-0.3, -0.25) is 0 Å². The first-order valence-corrected chi connectivity index (χ1v) is 9.10. The van der Waals surface area contributed by atoms with Gasteiger partial charge in [0, 0.05) is 12.2 Å². The van der Waals surface area contributed by atoms with Crippen LogP contribution in [0.5, 0.6) is 0 Å². The van der Waals surface area contributed by atoms with E-state index in [4.69, 9.17) is 4.74 Å². The lowest BCUT2D eigenvalue weighted by atomic mass is 10.1. The van der Waals surface area contributed by atoms with Gasteiger partial charge in [0.25, 0.3) is 0 Å². The Morgan fingerprint density at radius 3 is 2.18 bits per heavy atom. The molecule has 0 spiro atoms. The molecule has 28 heavy (non-hydrogen) atoms. The van der Waals surface area contributed by atoms with Crippen LogP contribution in [0, 0.1) is 0 Å². The number of urea groups is 1. The Balaban J connectivity index is 1.48. The summed E-state index contributed by atoms with van der Waals surface area (Å²) in [5.41, 5.74) is 3.00. The van der Waals surface area contributed by atoms with Gasteiger partial charge in [-0.1, -0.05) is 66.7 Å². The molecule has 142 valence electrons. The van der Waals surface area contributed by atoms with Crippen LogP contribution in [0.25, 0.3) is 0 Å². The molecule has 0 heterocycles. The van der Waals surface area contributed by atoms with E-state index in [2.05, 4.69) is 10.6 Å². The molecular weight excluding hydrogens is 352 g/mol. The zero-order valence-electron chi connectivity index (χ0n) is 15.4. The molecule has 0 aliphatic rings. The summed E-state index contributed by atoms with van der Waals surface area (Å²) in [6.07, 6.45) is 0.750. The van der Waals surface area contributed by atoms with Crippen LogP contribution in [0.1, 0.15) is 21.5 Å². The number of anilines is 1. The number of rotatable bonds is 7. The molecule has 3 aromatic carbocycles. The van der Waals surface area contributed by atoms with Gasteiger partial charge >= 0.3 is 12.0 Å². The highest BCUT2D eigenvalue weighted by atomic mass is 16.5.